The van der Waals surface area contributed by atoms with Crippen molar-refractivity contribution in [3.63, 3.8) is 0 Å². The summed E-state index contributed by atoms with van der Waals surface area (Å²) in [6.45, 7) is 2.25. The minimum absolute atomic E-state index is 0.0141. The lowest BCUT2D eigenvalue weighted by molar-refractivity contribution is -0.154. The number of hydrogen-bond donors (Lipinski definition) is 1. The van der Waals surface area contributed by atoms with E-state index in [1.54, 1.807) is 6.92 Å². The van der Waals surface area contributed by atoms with Crippen LogP contribution in [0.15, 0.2) is 0 Å². The van der Waals surface area contributed by atoms with Crippen molar-refractivity contribution >= 4 is 28.1 Å². The maximum absolute atomic E-state index is 12.2. The molecule has 0 spiro atoms. The van der Waals surface area contributed by atoms with Crippen LogP contribution in [0.5, 0.6) is 0 Å². The van der Waals surface area contributed by atoms with Crippen molar-refractivity contribution in [3.05, 3.63) is 0 Å². The highest BCUT2D eigenvalue weighted by atomic mass is 32.2. The van der Waals surface area contributed by atoms with Crippen molar-refractivity contribution in [2.45, 2.75) is 25.8 Å². The molecular weight excluding hydrogens is 298 g/mol. The van der Waals surface area contributed by atoms with Gasteiger partial charge in [0.1, 0.15) is 0 Å². The molecule has 9 heteroatoms. The van der Waals surface area contributed by atoms with E-state index in [2.05, 4.69) is 0 Å². The summed E-state index contributed by atoms with van der Waals surface area (Å²) in [6, 6.07) is -0.500. The third-order valence-electron chi connectivity index (χ3n) is 3.42. The SMILES string of the molecule is CCN(C(=O)C(=O)N(C=O)CCCN)C1CCS(=O)(=O)C1. The summed E-state index contributed by atoms with van der Waals surface area (Å²) in [7, 11) is -3.15. The predicted octanol–water partition coefficient (Wildman–Crippen LogP) is -1.64. The van der Waals surface area contributed by atoms with Gasteiger partial charge in [0.15, 0.2) is 9.84 Å². The summed E-state index contributed by atoms with van der Waals surface area (Å²) in [5, 5.41) is 0. The van der Waals surface area contributed by atoms with Crippen LogP contribution < -0.4 is 5.73 Å². The fraction of sp³-hybridized carbons (Fsp3) is 0.750. The maximum Gasteiger partial charge on any atom is 0.318 e. The van der Waals surface area contributed by atoms with Gasteiger partial charge in [0.05, 0.1) is 11.5 Å². The van der Waals surface area contributed by atoms with E-state index in [-0.39, 0.29) is 24.6 Å². The molecule has 0 aliphatic carbocycles. The highest BCUT2D eigenvalue weighted by Crippen LogP contribution is 2.18. The Morgan fingerprint density at radius 3 is 2.43 bits per heavy atom. The van der Waals surface area contributed by atoms with Crippen LogP contribution in [-0.4, -0.2) is 73.6 Å². The summed E-state index contributed by atoms with van der Waals surface area (Å²) >= 11 is 0. The Kier molecular flexibility index (Phi) is 6.28. The van der Waals surface area contributed by atoms with Crippen LogP contribution in [0.25, 0.3) is 0 Å². The van der Waals surface area contributed by atoms with Crippen molar-refractivity contribution in [2.24, 2.45) is 5.73 Å². The van der Waals surface area contributed by atoms with Gasteiger partial charge in [-0.25, -0.2) is 8.42 Å². The number of rotatable bonds is 6. The third kappa shape index (κ3) is 4.50. The summed E-state index contributed by atoms with van der Waals surface area (Å²) in [5.74, 6) is -1.91. The van der Waals surface area contributed by atoms with Gasteiger partial charge in [0.25, 0.3) is 0 Å². The Morgan fingerprint density at radius 2 is 2.00 bits per heavy atom. The van der Waals surface area contributed by atoms with Crippen molar-refractivity contribution in [1.29, 1.82) is 0 Å². The van der Waals surface area contributed by atoms with Gasteiger partial charge < -0.3 is 10.6 Å². The first kappa shape index (κ1) is 17.6. The van der Waals surface area contributed by atoms with Gasteiger partial charge in [-0.1, -0.05) is 0 Å². The van der Waals surface area contributed by atoms with Crippen molar-refractivity contribution < 1.29 is 22.8 Å². The molecule has 0 bridgehead atoms. The first-order valence-corrected chi connectivity index (χ1v) is 8.65. The second kappa shape index (κ2) is 7.51. The number of imide groups is 1. The summed E-state index contributed by atoms with van der Waals surface area (Å²) in [4.78, 5) is 37.1. The molecule has 0 aromatic heterocycles. The molecule has 1 aliphatic heterocycles. The minimum Gasteiger partial charge on any atom is -0.331 e. The number of nitrogens with zero attached hydrogens (tertiary/aromatic N) is 2. The Balaban J connectivity index is 2.78. The molecule has 3 amide bonds. The molecule has 1 saturated heterocycles. The molecule has 120 valence electrons. The number of carbonyl (C=O) groups is 3. The van der Waals surface area contributed by atoms with E-state index in [9.17, 15) is 22.8 Å². The van der Waals surface area contributed by atoms with Crippen LogP contribution in [0, 0.1) is 0 Å². The number of carbonyl (C=O) groups excluding carboxylic acids is 3. The van der Waals surface area contributed by atoms with Gasteiger partial charge >= 0.3 is 11.8 Å². The van der Waals surface area contributed by atoms with Crippen molar-refractivity contribution in [2.75, 3.05) is 31.1 Å². The number of likely N-dealkylation sites (N-methyl/N-ethyl adjacent to an activating group) is 1. The van der Waals surface area contributed by atoms with Gasteiger partial charge in [0, 0.05) is 19.1 Å². The van der Waals surface area contributed by atoms with Crippen LogP contribution >= 0.6 is 0 Å². The van der Waals surface area contributed by atoms with E-state index in [0.29, 0.717) is 25.8 Å². The van der Waals surface area contributed by atoms with Crippen LogP contribution in [0.4, 0.5) is 0 Å². The molecule has 2 N–H and O–H groups in total. The molecule has 1 fully saturated rings. The van der Waals surface area contributed by atoms with Gasteiger partial charge in [-0.15, -0.1) is 0 Å². The smallest absolute Gasteiger partial charge is 0.318 e. The Labute approximate surface area is 124 Å². The number of hydrogen-bond acceptors (Lipinski definition) is 6. The Hall–Kier alpha value is -1.48. The van der Waals surface area contributed by atoms with E-state index in [4.69, 9.17) is 5.73 Å². The van der Waals surface area contributed by atoms with Crippen LogP contribution in [0.1, 0.15) is 19.8 Å². The van der Waals surface area contributed by atoms with Crippen LogP contribution in [-0.2, 0) is 24.2 Å². The summed E-state index contributed by atoms with van der Waals surface area (Å²) < 4.78 is 23.0. The number of sulfone groups is 1. The van der Waals surface area contributed by atoms with E-state index in [0.717, 1.165) is 4.90 Å². The first-order chi connectivity index (χ1) is 9.86. The highest BCUT2D eigenvalue weighted by Gasteiger charge is 2.37. The average Bonchev–Trinajstić information content (AvgIpc) is 2.80. The third-order valence-corrected chi connectivity index (χ3v) is 5.18. The number of nitrogens with two attached hydrogens (primary N) is 1. The van der Waals surface area contributed by atoms with Gasteiger partial charge in [0.2, 0.25) is 6.41 Å². The van der Waals surface area contributed by atoms with E-state index >= 15 is 0 Å². The van der Waals surface area contributed by atoms with Crippen molar-refractivity contribution in [1.82, 2.24) is 9.80 Å². The van der Waals surface area contributed by atoms with Crippen molar-refractivity contribution in [3.8, 4) is 0 Å². The van der Waals surface area contributed by atoms with Gasteiger partial charge in [-0.2, -0.15) is 0 Å². The lowest BCUT2D eigenvalue weighted by atomic mass is 10.2. The van der Waals surface area contributed by atoms with E-state index in [1.165, 1.54) is 4.90 Å². The second-order valence-corrected chi connectivity index (χ2v) is 7.12. The van der Waals surface area contributed by atoms with Gasteiger partial charge in [-0.05, 0) is 26.3 Å². The normalized spacial score (nSPS) is 20.0. The van der Waals surface area contributed by atoms with E-state index < -0.39 is 27.7 Å². The minimum atomic E-state index is -3.15. The lowest BCUT2D eigenvalue weighted by Gasteiger charge is -2.27. The zero-order valence-corrected chi connectivity index (χ0v) is 12.8. The molecule has 0 aromatic carbocycles. The molecular formula is C12H21N3O5S. The number of amides is 3. The second-order valence-electron chi connectivity index (χ2n) is 4.89. The summed E-state index contributed by atoms with van der Waals surface area (Å²) in [6.07, 6.45) is 1.02. The molecule has 0 aromatic rings. The molecule has 0 saturated carbocycles. The molecule has 8 nitrogen and oxygen atoms in total. The monoisotopic (exact) mass is 319 g/mol. The standard InChI is InChI=1S/C12H21N3O5S/c1-2-15(10-4-7-21(19,20)8-10)12(18)11(17)14(9-16)6-3-5-13/h9-10H,2-8,13H2,1H3. The molecule has 0 radical (unpaired) electrons. The fourth-order valence-corrected chi connectivity index (χ4v) is 4.03. The fourth-order valence-electron chi connectivity index (χ4n) is 2.30. The zero-order chi connectivity index (χ0) is 16.0. The van der Waals surface area contributed by atoms with E-state index in [1.807, 2.05) is 0 Å². The molecule has 21 heavy (non-hydrogen) atoms. The average molecular weight is 319 g/mol. The predicted molar refractivity (Wildman–Crippen MR) is 75.9 cm³/mol. The van der Waals surface area contributed by atoms with Crippen LogP contribution in [0.2, 0.25) is 0 Å². The maximum atomic E-state index is 12.2. The zero-order valence-electron chi connectivity index (χ0n) is 12.0. The topological polar surface area (TPSA) is 118 Å². The van der Waals surface area contributed by atoms with Crippen LogP contribution in [0.3, 0.4) is 0 Å². The Bertz CT molecular complexity index is 505. The molecule has 1 unspecified atom stereocenters. The molecule has 1 rings (SSSR count). The van der Waals surface area contributed by atoms with Gasteiger partial charge in [-0.3, -0.25) is 19.3 Å². The summed E-state index contributed by atoms with van der Waals surface area (Å²) in [5.41, 5.74) is 5.31. The lowest BCUT2D eigenvalue weighted by Crippen LogP contribution is -2.49. The highest BCUT2D eigenvalue weighted by molar-refractivity contribution is 7.91. The molecule has 1 aliphatic rings. The largest absolute Gasteiger partial charge is 0.331 e. The Morgan fingerprint density at radius 1 is 1.33 bits per heavy atom. The quantitative estimate of drug-likeness (QED) is 0.463. The molecule has 1 heterocycles. The first-order valence-electron chi connectivity index (χ1n) is 6.83. The molecule has 1 atom stereocenters.